The summed E-state index contributed by atoms with van der Waals surface area (Å²) in [6.07, 6.45) is 3.96. The molecule has 0 unspecified atom stereocenters. The third kappa shape index (κ3) is 2.67. The Hall–Kier alpha value is -2.20. The average Bonchev–Trinajstić information content (AvgIpc) is 2.99. The third-order valence-corrected chi connectivity index (χ3v) is 3.97. The van der Waals surface area contributed by atoms with Crippen LogP contribution in [0.1, 0.15) is 0 Å². The smallest absolute Gasteiger partial charge is 0.172 e. The highest BCUT2D eigenvalue weighted by molar-refractivity contribution is 7.98. The van der Waals surface area contributed by atoms with Crippen LogP contribution in [-0.4, -0.2) is 22.9 Å². The second kappa shape index (κ2) is 6.06. The Balaban J connectivity index is 2.13. The van der Waals surface area contributed by atoms with Gasteiger partial charge in [-0.05, 0) is 30.5 Å². The molecule has 0 fully saturated rings. The van der Waals surface area contributed by atoms with Crippen LogP contribution >= 0.6 is 11.8 Å². The van der Waals surface area contributed by atoms with Gasteiger partial charge in [-0.3, -0.25) is 4.57 Å². The van der Waals surface area contributed by atoms with Crippen LogP contribution in [0.2, 0.25) is 0 Å². The van der Waals surface area contributed by atoms with E-state index in [1.807, 2.05) is 54.9 Å². The Bertz CT molecular complexity index is 720. The minimum Gasteiger partial charge on any atom is -0.497 e. The van der Waals surface area contributed by atoms with E-state index in [1.165, 1.54) is 0 Å². The normalized spacial score (nSPS) is 10.6. The van der Waals surface area contributed by atoms with E-state index in [1.54, 1.807) is 18.9 Å². The van der Waals surface area contributed by atoms with Crippen molar-refractivity contribution in [3.8, 4) is 22.7 Å². The molecule has 0 aliphatic carbocycles. The number of aromatic nitrogens is 2. The van der Waals surface area contributed by atoms with Gasteiger partial charge in [0, 0.05) is 11.3 Å². The molecule has 0 radical (unpaired) electrons. The second-order valence-corrected chi connectivity index (χ2v) is 5.30. The quantitative estimate of drug-likeness (QED) is 0.673. The largest absolute Gasteiger partial charge is 0.497 e. The SMILES string of the molecule is COc1ccc(-n2c(-c3ccccc3)cnc2SC)cc1. The standard InChI is InChI=1S/C17H16N2OS/c1-20-15-10-8-14(9-11-15)19-16(12-18-17(19)21-2)13-6-4-3-5-7-13/h3-12H,1-2H3. The highest BCUT2D eigenvalue weighted by atomic mass is 32.2. The van der Waals surface area contributed by atoms with Gasteiger partial charge in [-0.15, -0.1) is 0 Å². The molecular weight excluding hydrogens is 280 g/mol. The van der Waals surface area contributed by atoms with E-state index in [0.29, 0.717) is 0 Å². The maximum Gasteiger partial charge on any atom is 0.172 e. The van der Waals surface area contributed by atoms with Crippen molar-refractivity contribution >= 4 is 11.8 Å². The molecule has 0 aliphatic rings. The van der Waals surface area contributed by atoms with Crippen molar-refractivity contribution in [2.45, 2.75) is 5.16 Å². The van der Waals surface area contributed by atoms with E-state index in [0.717, 1.165) is 27.9 Å². The maximum absolute atomic E-state index is 5.23. The molecule has 0 bridgehead atoms. The van der Waals surface area contributed by atoms with Crippen LogP contribution in [0.15, 0.2) is 66.0 Å². The maximum atomic E-state index is 5.23. The van der Waals surface area contributed by atoms with E-state index >= 15 is 0 Å². The van der Waals surface area contributed by atoms with Crippen LogP contribution in [0.4, 0.5) is 0 Å². The molecular formula is C17H16N2OS. The zero-order valence-corrected chi connectivity index (χ0v) is 12.8. The van der Waals surface area contributed by atoms with Crippen molar-refractivity contribution < 1.29 is 4.74 Å². The summed E-state index contributed by atoms with van der Waals surface area (Å²) in [5.74, 6) is 0.853. The van der Waals surface area contributed by atoms with Gasteiger partial charge >= 0.3 is 0 Å². The molecule has 3 rings (SSSR count). The Labute approximate surface area is 128 Å². The van der Waals surface area contributed by atoms with E-state index in [9.17, 15) is 0 Å². The number of methoxy groups -OCH3 is 1. The fourth-order valence-corrected chi connectivity index (χ4v) is 2.82. The highest BCUT2D eigenvalue weighted by Crippen LogP contribution is 2.29. The molecule has 0 atom stereocenters. The summed E-state index contributed by atoms with van der Waals surface area (Å²) in [6.45, 7) is 0. The van der Waals surface area contributed by atoms with Crippen LogP contribution in [0.25, 0.3) is 16.9 Å². The number of hydrogen-bond acceptors (Lipinski definition) is 3. The number of benzene rings is 2. The third-order valence-electron chi connectivity index (χ3n) is 3.31. The predicted molar refractivity (Wildman–Crippen MR) is 87.3 cm³/mol. The molecule has 21 heavy (non-hydrogen) atoms. The van der Waals surface area contributed by atoms with Crippen molar-refractivity contribution in [3.05, 3.63) is 60.8 Å². The van der Waals surface area contributed by atoms with Crippen molar-refractivity contribution in [1.82, 2.24) is 9.55 Å². The average molecular weight is 296 g/mol. The van der Waals surface area contributed by atoms with Crippen LogP contribution in [0.3, 0.4) is 0 Å². The van der Waals surface area contributed by atoms with Crippen molar-refractivity contribution in [1.29, 1.82) is 0 Å². The summed E-state index contributed by atoms with van der Waals surface area (Å²) in [5, 5.41) is 0.971. The molecule has 3 aromatic rings. The van der Waals surface area contributed by atoms with Crippen molar-refractivity contribution in [2.75, 3.05) is 13.4 Å². The Morgan fingerprint density at radius 3 is 2.33 bits per heavy atom. The van der Waals surface area contributed by atoms with Crippen LogP contribution < -0.4 is 4.74 Å². The Morgan fingerprint density at radius 1 is 1.00 bits per heavy atom. The number of hydrogen-bond donors (Lipinski definition) is 0. The Kier molecular flexibility index (Phi) is 3.97. The number of ether oxygens (including phenoxy) is 1. The molecule has 0 spiro atoms. The lowest BCUT2D eigenvalue weighted by molar-refractivity contribution is 0.414. The molecule has 1 aromatic heterocycles. The van der Waals surface area contributed by atoms with Crippen molar-refractivity contribution in [3.63, 3.8) is 0 Å². The minimum atomic E-state index is 0.853. The van der Waals surface area contributed by atoms with Gasteiger partial charge in [0.15, 0.2) is 5.16 Å². The molecule has 4 heteroatoms. The summed E-state index contributed by atoms with van der Waals surface area (Å²) in [5.41, 5.74) is 3.32. The number of rotatable bonds is 4. The summed E-state index contributed by atoms with van der Waals surface area (Å²) in [4.78, 5) is 4.52. The summed E-state index contributed by atoms with van der Waals surface area (Å²) in [6, 6.07) is 18.3. The molecule has 0 N–H and O–H groups in total. The summed E-state index contributed by atoms with van der Waals surface area (Å²) < 4.78 is 7.39. The lowest BCUT2D eigenvalue weighted by Gasteiger charge is -2.11. The van der Waals surface area contributed by atoms with Gasteiger partial charge in [0.25, 0.3) is 0 Å². The molecule has 0 amide bonds. The topological polar surface area (TPSA) is 27.1 Å². The molecule has 1 heterocycles. The predicted octanol–water partition coefficient (Wildman–Crippen LogP) is 4.27. The van der Waals surface area contributed by atoms with E-state index in [4.69, 9.17) is 4.74 Å². The number of imidazole rings is 1. The van der Waals surface area contributed by atoms with E-state index in [2.05, 4.69) is 21.7 Å². The summed E-state index contributed by atoms with van der Waals surface area (Å²) >= 11 is 1.64. The molecule has 106 valence electrons. The lowest BCUT2D eigenvalue weighted by Crippen LogP contribution is -1.98. The highest BCUT2D eigenvalue weighted by Gasteiger charge is 2.12. The van der Waals surface area contributed by atoms with Gasteiger partial charge in [0.1, 0.15) is 5.75 Å². The zero-order chi connectivity index (χ0) is 14.7. The molecule has 2 aromatic carbocycles. The van der Waals surface area contributed by atoms with E-state index < -0.39 is 0 Å². The van der Waals surface area contributed by atoms with Gasteiger partial charge in [-0.25, -0.2) is 4.98 Å². The van der Waals surface area contributed by atoms with Gasteiger partial charge in [0.2, 0.25) is 0 Å². The minimum absolute atomic E-state index is 0.853. The zero-order valence-electron chi connectivity index (χ0n) is 12.0. The Morgan fingerprint density at radius 2 is 1.71 bits per heavy atom. The van der Waals surface area contributed by atoms with E-state index in [-0.39, 0.29) is 0 Å². The first-order valence-corrected chi connectivity index (χ1v) is 7.87. The van der Waals surface area contributed by atoms with Crippen LogP contribution in [0.5, 0.6) is 5.75 Å². The van der Waals surface area contributed by atoms with Crippen molar-refractivity contribution in [2.24, 2.45) is 0 Å². The monoisotopic (exact) mass is 296 g/mol. The lowest BCUT2D eigenvalue weighted by atomic mass is 10.1. The van der Waals surface area contributed by atoms with Crippen LogP contribution in [-0.2, 0) is 0 Å². The summed E-state index contributed by atoms with van der Waals surface area (Å²) in [7, 11) is 1.68. The first-order valence-electron chi connectivity index (χ1n) is 6.65. The number of nitrogens with zero attached hydrogens (tertiary/aromatic N) is 2. The van der Waals surface area contributed by atoms with Gasteiger partial charge in [0.05, 0.1) is 19.0 Å². The van der Waals surface area contributed by atoms with Gasteiger partial charge in [-0.1, -0.05) is 42.1 Å². The molecule has 0 aliphatic heterocycles. The van der Waals surface area contributed by atoms with Crippen LogP contribution in [0, 0.1) is 0 Å². The number of thioether (sulfide) groups is 1. The molecule has 3 nitrogen and oxygen atoms in total. The van der Waals surface area contributed by atoms with Gasteiger partial charge < -0.3 is 4.74 Å². The van der Waals surface area contributed by atoms with Gasteiger partial charge in [-0.2, -0.15) is 0 Å². The molecule has 0 saturated carbocycles. The first kappa shape index (κ1) is 13.8. The second-order valence-electron chi connectivity index (χ2n) is 4.53. The fourth-order valence-electron chi connectivity index (χ4n) is 2.27. The fraction of sp³-hybridized carbons (Fsp3) is 0.118. The first-order chi connectivity index (χ1) is 10.3. The molecule has 0 saturated heterocycles.